The molecule has 1 fully saturated rings. The maximum atomic E-state index is 12.8. The van der Waals surface area contributed by atoms with Crippen molar-refractivity contribution in [3.8, 4) is 17.2 Å². The van der Waals surface area contributed by atoms with Crippen LogP contribution < -0.4 is 4.74 Å². The van der Waals surface area contributed by atoms with Gasteiger partial charge >= 0.3 is 0 Å². The van der Waals surface area contributed by atoms with Crippen LogP contribution in [0.3, 0.4) is 0 Å². The smallest absolute Gasteiger partial charge is 0.167 e. The third-order valence-corrected chi connectivity index (χ3v) is 8.78. The van der Waals surface area contributed by atoms with E-state index in [-0.39, 0.29) is 36.7 Å². The molecule has 258 valence electrons. The summed E-state index contributed by atoms with van der Waals surface area (Å²) in [5, 5.41) is 22.7. The van der Waals surface area contributed by atoms with Gasteiger partial charge in [-0.2, -0.15) is 0 Å². The van der Waals surface area contributed by atoms with Gasteiger partial charge in [-0.05, 0) is 36.1 Å². The summed E-state index contributed by atoms with van der Waals surface area (Å²) in [6.45, 7) is 4.10. The number of Topliss-reactive ketones (excluding diaryl/α,β-unsaturated/α-hetero) is 1. The number of benzene rings is 5. The summed E-state index contributed by atoms with van der Waals surface area (Å²) in [4.78, 5) is 12.8. The van der Waals surface area contributed by atoms with Gasteiger partial charge in [-0.15, -0.1) is 0 Å². The minimum absolute atomic E-state index is 0.140. The maximum absolute atomic E-state index is 12.8. The Morgan fingerprint density at radius 2 is 1.04 bits per heavy atom. The third kappa shape index (κ3) is 8.41. The first kappa shape index (κ1) is 34.9. The van der Waals surface area contributed by atoms with Gasteiger partial charge in [-0.1, -0.05) is 121 Å². The van der Waals surface area contributed by atoms with E-state index in [1.807, 2.05) is 128 Å². The highest BCUT2D eigenvalue weighted by molar-refractivity contribution is 6.00. The Morgan fingerprint density at radius 3 is 1.50 bits per heavy atom. The predicted molar refractivity (Wildman–Crippen MR) is 189 cm³/mol. The van der Waals surface area contributed by atoms with E-state index in [0.29, 0.717) is 6.61 Å². The molecule has 5 aromatic carbocycles. The highest BCUT2D eigenvalue weighted by Gasteiger charge is 2.49. The number of phenols is 2. The SMILES string of the molecule is CC(=O)c1c(O)cc(OCc2ccccc2)c([C@@H]2O[C@H](C)[C@H](OCc3ccccc3)[C@H](OCc3ccccc3)[C@H]2OCc2ccccc2)c1O. The lowest BCUT2D eigenvalue weighted by Crippen LogP contribution is -2.56. The largest absolute Gasteiger partial charge is 0.507 e. The highest BCUT2D eigenvalue weighted by atomic mass is 16.6. The van der Waals surface area contributed by atoms with Crippen molar-refractivity contribution in [1.29, 1.82) is 0 Å². The zero-order valence-corrected chi connectivity index (χ0v) is 28.2. The fraction of sp³-hybridized carbons (Fsp3) is 0.262. The van der Waals surface area contributed by atoms with E-state index in [9.17, 15) is 15.0 Å². The Labute approximate surface area is 292 Å². The maximum Gasteiger partial charge on any atom is 0.167 e. The van der Waals surface area contributed by atoms with Crippen LogP contribution >= 0.6 is 0 Å². The van der Waals surface area contributed by atoms with Crippen LogP contribution in [0, 0.1) is 0 Å². The van der Waals surface area contributed by atoms with Gasteiger partial charge in [0.2, 0.25) is 0 Å². The summed E-state index contributed by atoms with van der Waals surface area (Å²) >= 11 is 0. The molecule has 0 aliphatic carbocycles. The average molecular weight is 675 g/mol. The van der Waals surface area contributed by atoms with Crippen molar-refractivity contribution >= 4 is 5.78 Å². The highest BCUT2D eigenvalue weighted by Crippen LogP contribution is 2.48. The summed E-state index contributed by atoms with van der Waals surface area (Å²) in [5.41, 5.74) is 3.71. The van der Waals surface area contributed by atoms with Crippen molar-refractivity contribution in [2.24, 2.45) is 0 Å². The number of aromatic hydroxyl groups is 2. The van der Waals surface area contributed by atoms with Crippen molar-refractivity contribution in [3.63, 3.8) is 0 Å². The fourth-order valence-electron chi connectivity index (χ4n) is 6.27. The van der Waals surface area contributed by atoms with Gasteiger partial charge in [0, 0.05) is 6.07 Å². The number of carbonyl (C=O) groups is 1. The van der Waals surface area contributed by atoms with E-state index in [2.05, 4.69) is 0 Å². The van der Waals surface area contributed by atoms with E-state index in [1.165, 1.54) is 13.0 Å². The van der Waals surface area contributed by atoms with Crippen LogP contribution in [0.4, 0.5) is 0 Å². The van der Waals surface area contributed by atoms with Crippen molar-refractivity contribution in [2.75, 3.05) is 0 Å². The number of phenolic OH excluding ortho intramolecular Hbond substituents is 2. The van der Waals surface area contributed by atoms with E-state index >= 15 is 0 Å². The second kappa shape index (κ2) is 16.6. The molecule has 8 nitrogen and oxygen atoms in total. The summed E-state index contributed by atoms with van der Waals surface area (Å²) in [5.74, 6) is -1.18. The Bertz CT molecular complexity index is 1820. The van der Waals surface area contributed by atoms with Gasteiger partial charge in [-0.3, -0.25) is 4.79 Å². The summed E-state index contributed by atoms with van der Waals surface area (Å²) < 4.78 is 33.1. The minimum atomic E-state index is -0.990. The first-order valence-corrected chi connectivity index (χ1v) is 16.8. The normalized spacial score (nSPS) is 20.3. The third-order valence-electron chi connectivity index (χ3n) is 8.78. The summed E-state index contributed by atoms with van der Waals surface area (Å²) in [7, 11) is 0. The Morgan fingerprint density at radius 1 is 0.620 bits per heavy atom. The van der Waals surface area contributed by atoms with Gasteiger partial charge in [-0.25, -0.2) is 0 Å². The first-order valence-electron chi connectivity index (χ1n) is 16.8. The molecule has 1 aliphatic rings. The van der Waals surface area contributed by atoms with Crippen LogP contribution in [0.15, 0.2) is 127 Å². The molecule has 0 unspecified atom stereocenters. The molecule has 1 aliphatic heterocycles. The number of ether oxygens (including phenoxy) is 5. The van der Waals surface area contributed by atoms with Crippen LogP contribution in [0.25, 0.3) is 0 Å². The quantitative estimate of drug-likeness (QED) is 0.114. The van der Waals surface area contributed by atoms with Gasteiger partial charge in [0.25, 0.3) is 0 Å². The molecule has 2 N–H and O–H groups in total. The monoisotopic (exact) mass is 674 g/mol. The lowest BCUT2D eigenvalue weighted by Gasteiger charge is -2.46. The van der Waals surface area contributed by atoms with E-state index < -0.39 is 47.8 Å². The standard InChI is InChI=1S/C42H42O8/c1-28(43)36-34(44)23-35(46-24-30-15-7-3-8-16-30)37(38(36)45)40-42(49-27-33-21-13-6-14-22-33)41(48-26-32-19-11-5-12-20-32)39(29(2)50-40)47-25-31-17-9-4-10-18-31/h3-23,29,39-42,44-45H,24-27H2,1-2H3/t29-,39+,40+,41+,42+/m1/s1. The van der Waals surface area contributed by atoms with Crippen LogP contribution in [-0.4, -0.2) is 40.4 Å². The lowest BCUT2D eigenvalue weighted by atomic mass is 9.88. The van der Waals surface area contributed by atoms with E-state index in [0.717, 1.165) is 22.3 Å². The summed E-state index contributed by atoms with van der Waals surface area (Å²) in [6, 6.07) is 40.3. The molecule has 8 heteroatoms. The van der Waals surface area contributed by atoms with E-state index in [4.69, 9.17) is 23.7 Å². The Hall–Kier alpha value is -4.99. The molecule has 1 saturated heterocycles. The molecule has 5 aromatic rings. The predicted octanol–water partition coefficient (Wildman–Crippen LogP) is 8.10. The van der Waals surface area contributed by atoms with Gasteiger partial charge in [0.05, 0.1) is 31.5 Å². The lowest BCUT2D eigenvalue weighted by molar-refractivity contribution is -0.264. The molecular weight excluding hydrogens is 632 g/mol. The van der Waals surface area contributed by atoms with Crippen LogP contribution in [-0.2, 0) is 45.4 Å². The molecule has 1 heterocycles. The molecule has 50 heavy (non-hydrogen) atoms. The van der Waals surface area contributed by atoms with Crippen molar-refractivity contribution in [3.05, 3.63) is 161 Å². The number of hydrogen-bond acceptors (Lipinski definition) is 8. The average Bonchev–Trinajstić information content (AvgIpc) is 3.13. The molecule has 0 bridgehead atoms. The van der Waals surface area contributed by atoms with Crippen molar-refractivity contribution < 1.29 is 38.7 Å². The summed E-state index contributed by atoms with van der Waals surface area (Å²) in [6.07, 6.45) is -3.69. The second-order valence-corrected chi connectivity index (χ2v) is 12.4. The Balaban J connectivity index is 1.43. The number of carbonyl (C=O) groups excluding carboxylic acids is 1. The van der Waals surface area contributed by atoms with Gasteiger partial charge in [0.15, 0.2) is 5.78 Å². The molecule has 6 rings (SSSR count). The Kier molecular flexibility index (Phi) is 11.6. The van der Waals surface area contributed by atoms with Crippen molar-refractivity contribution in [1.82, 2.24) is 0 Å². The zero-order chi connectivity index (χ0) is 34.9. The molecule has 0 saturated carbocycles. The van der Waals surface area contributed by atoms with Gasteiger partial charge < -0.3 is 33.9 Å². The molecular formula is C42H42O8. The molecule has 0 spiro atoms. The van der Waals surface area contributed by atoms with E-state index in [1.54, 1.807) is 0 Å². The number of ketones is 1. The fourth-order valence-corrected chi connectivity index (χ4v) is 6.27. The molecule has 5 atom stereocenters. The number of hydrogen-bond donors (Lipinski definition) is 2. The molecule has 0 radical (unpaired) electrons. The van der Waals surface area contributed by atoms with Crippen LogP contribution in [0.2, 0.25) is 0 Å². The molecule has 0 aromatic heterocycles. The molecule has 0 amide bonds. The second-order valence-electron chi connectivity index (χ2n) is 12.4. The van der Waals surface area contributed by atoms with Gasteiger partial charge in [0.1, 0.15) is 53.8 Å². The minimum Gasteiger partial charge on any atom is -0.507 e. The van der Waals surface area contributed by atoms with Crippen molar-refractivity contribution in [2.45, 2.75) is 70.8 Å². The number of rotatable bonds is 14. The topological polar surface area (TPSA) is 104 Å². The zero-order valence-electron chi connectivity index (χ0n) is 28.2. The van der Waals surface area contributed by atoms with Crippen LogP contribution in [0.5, 0.6) is 17.2 Å². The first-order chi connectivity index (χ1) is 24.4. The van der Waals surface area contributed by atoms with Crippen LogP contribution in [0.1, 0.15) is 58.1 Å².